The van der Waals surface area contributed by atoms with Crippen molar-refractivity contribution in [2.45, 2.75) is 23.6 Å². The van der Waals surface area contributed by atoms with Crippen molar-refractivity contribution in [3.8, 4) is 5.69 Å². The molecular weight excluding hydrogens is 444 g/mol. The highest BCUT2D eigenvalue weighted by Gasteiger charge is 2.27. The minimum atomic E-state index is 1.19. The Balaban J connectivity index is 1.61. The molecule has 0 atom stereocenters. The number of anilines is 3. The molecule has 1 aliphatic heterocycles. The van der Waals surface area contributed by atoms with Gasteiger partial charge in [-0.3, -0.25) is 0 Å². The van der Waals surface area contributed by atoms with E-state index in [1.165, 1.54) is 65.5 Å². The zero-order valence-electron chi connectivity index (χ0n) is 19.7. The van der Waals surface area contributed by atoms with Gasteiger partial charge in [0.15, 0.2) is 0 Å². The van der Waals surface area contributed by atoms with E-state index in [1.54, 1.807) is 0 Å². The van der Waals surface area contributed by atoms with Crippen molar-refractivity contribution in [3.05, 3.63) is 120 Å². The van der Waals surface area contributed by atoms with E-state index in [4.69, 9.17) is 0 Å². The van der Waals surface area contributed by atoms with Crippen molar-refractivity contribution in [1.82, 2.24) is 4.57 Å². The molecule has 1 aliphatic rings. The molecule has 0 bridgehead atoms. The minimum Gasteiger partial charge on any atom is -0.307 e. The van der Waals surface area contributed by atoms with Gasteiger partial charge in [0.1, 0.15) is 0 Å². The summed E-state index contributed by atoms with van der Waals surface area (Å²) in [5, 5.41) is 2.56. The Morgan fingerprint density at radius 3 is 1.51 bits per heavy atom. The van der Waals surface area contributed by atoms with Gasteiger partial charge in [0, 0.05) is 20.6 Å². The zero-order valence-corrected chi connectivity index (χ0v) is 20.5. The Bertz CT molecular complexity index is 1660. The summed E-state index contributed by atoms with van der Waals surface area (Å²) in [6, 6.07) is 39.7. The second-order valence-electron chi connectivity index (χ2n) is 9.17. The summed E-state index contributed by atoms with van der Waals surface area (Å²) < 4.78 is 2.44. The van der Waals surface area contributed by atoms with Gasteiger partial charge in [0.2, 0.25) is 0 Å². The number of hydrogen-bond donors (Lipinski definition) is 0. The van der Waals surface area contributed by atoms with Crippen LogP contribution in [-0.2, 0) is 0 Å². The normalized spacial score (nSPS) is 12.7. The lowest BCUT2D eigenvalue weighted by Crippen LogP contribution is -2.17. The van der Waals surface area contributed by atoms with E-state index < -0.39 is 0 Å². The van der Waals surface area contributed by atoms with Gasteiger partial charge in [-0.2, -0.15) is 0 Å². The molecule has 7 rings (SSSR count). The maximum atomic E-state index is 2.45. The summed E-state index contributed by atoms with van der Waals surface area (Å²) in [7, 11) is 0. The third-order valence-electron chi connectivity index (χ3n) is 7.09. The highest BCUT2D eigenvalue weighted by Crippen LogP contribution is 2.53. The van der Waals surface area contributed by atoms with E-state index in [1.807, 2.05) is 11.8 Å². The van der Waals surface area contributed by atoms with Crippen LogP contribution in [0.3, 0.4) is 0 Å². The monoisotopic (exact) mass is 468 g/mol. The van der Waals surface area contributed by atoms with Crippen molar-refractivity contribution in [1.29, 1.82) is 0 Å². The molecule has 0 N–H and O–H groups in total. The average Bonchev–Trinajstić information content (AvgIpc) is 3.23. The van der Waals surface area contributed by atoms with Crippen molar-refractivity contribution >= 4 is 50.6 Å². The van der Waals surface area contributed by atoms with E-state index >= 15 is 0 Å². The number of aryl methyl sites for hydroxylation is 2. The Morgan fingerprint density at radius 2 is 0.943 bits per heavy atom. The number of aromatic nitrogens is 1. The van der Waals surface area contributed by atoms with Crippen LogP contribution >= 0.6 is 11.8 Å². The molecule has 6 aromatic rings. The van der Waals surface area contributed by atoms with Crippen LogP contribution in [0.5, 0.6) is 0 Å². The maximum Gasteiger partial charge on any atom is 0.0706 e. The number of benzene rings is 5. The van der Waals surface area contributed by atoms with Gasteiger partial charge < -0.3 is 9.47 Å². The number of hydrogen-bond acceptors (Lipinski definition) is 2. The predicted octanol–water partition coefficient (Wildman–Crippen LogP) is 9.33. The Hall–Kier alpha value is -3.95. The molecule has 35 heavy (non-hydrogen) atoms. The number of nitrogens with zero attached hydrogens (tertiary/aromatic N) is 2. The fourth-order valence-corrected chi connectivity index (χ4v) is 6.35. The smallest absolute Gasteiger partial charge is 0.0706 e. The molecule has 1 aromatic heterocycles. The van der Waals surface area contributed by atoms with Crippen LogP contribution in [0.1, 0.15) is 11.1 Å². The second kappa shape index (κ2) is 7.79. The van der Waals surface area contributed by atoms with Gasteiger partial charge in [0.05, 0.1) is 33.8 Å². The van der Waals surface area contributed by atoms with Crippen molar-refractivity contribution in [3.63, 3.8) is 0 Å². The highest BCUT2D eigenvalue weighted by atomic mass is 32.2. The topological polar surface area (TPSA) is 8.17 Å². The van der Waals surface area contributed by atoms with Gasteiger partial charge in [-0.05, 0) is 73.5 Å². The summed E-state index contributed by atoms with van der Waals surface area (Å²) in [5.74, 6) is 0. The first-order valence-corrected chi connectivity index (χ1v) is 12.8. The first kappa shape index (κ1) is 20.4. The molecule has 2 nitrogen and oxygen atoms in total. The second-order valence-corrected chi connectivity index (χ2v) is 10.3. The standard InChI is InChI=1S/C32H24N2S/c1-21-19-29(33-25-13-5-3-11-23(25)24-12-4-6-14-26(24)33)30(20-22(21)2)34-27-15-7-9-17-31(27)35-32-18-10-8-16-28(32)34/h3-20H,1-2H3. The van der Waals surface area contributed by atoms with E-state index in [0.717, 1.165) is 0 Å². The van der Waals surface area contributed by atoms with Crippen molar-refractivity contribution < 1.29 is 0 Å². The lowest BCUT2D eigenvalue weighted by molar-refractivity contribution is 1.10. The molecular formula is C32H24N2S. The molecule has 0 saturated carbocycles. The van der Waals surface area contributed by atoms with Gasteiger partial charge in [-0.15, -0.1) is 0 Å². The molecule has 0 amide bonds. The van der Waals surface area contributed by atoms with E-state index in [0.29, 0.717) is 0 Å². The summed E-state index contributed by atoms with van der Waals surface area (Å²) in [6.45, 7) is 4.43. The Kier molecular flexibility index (Phi) is 4.55. The van der Waals surface area contributed by atoms with E-state index in [9.17, 15) is 0 Å². The van der Waals surface area contributed by atoms with Crippen LogP contribution in [0.15, 0.2) is 119 Å². The van der Waals surface area contributed by atoms with Gasteiger partial charge in [-0.25, -0.2) is 0 Å². The Morgan fingerprint density at radius 1 is 0.486 bits per heavy atom. The summed E-state index contributed by atoms with van der Waals surface area (Å²) in [5.41, 5.74) is 9.87. The fraction of sp³-hybridized carbons (Fsp3) is 0.0625. The van der Waals surface area contributed by atoms with Crippen molar-refractivity contribution in [2.24, 2.45) is 0 Å². The van der Waals surface area contributed by atoms with Gasteiger partial charge in [0.25, 0.3) is 0 Å². The van der Waals surface area contributed by atoms with Crippen LogP contribution in [0.2, 0.25) is 0 Å². The molecule has 0 saturated heterocycles. The first-order chi connectivity index (χ1) is 17.2. The minimum absolute atomic E-state index is 1.19. The molecule has 3 heteroatoms. The first-order valence-electron chi connectivity index (χ1n) is 12.0. The van der Waals surface area contributed by atoms with Gasteiger partial charge >= 0.3 is 0 Å². The SMILES string of the molecule is Cc1cc(N2c3ccccc3Sc3ccccc32)c(-n2c3ccccc3c3ccccc32)cc1C. The van der Waals surface area contributed by atoms with E-state index in [2.05, 4.69) is 133 Å². The summed E-state index contributed by atoms with van der Waals surface area (Å²) >= 11 is 1.85. The lowest BCUT2D eigenvalue weighted by atomic mass is 10.0. The summed E-state index contributed by atoms with van der Waals surface area (Å²) in [4.78, 5) is 5.00. The highest BCUT2D eigenvalue weighted by molar-refractivity contribution is 7.99. The van der Waals surface area contributed by atoms with Crippen LogP contribution < -0.4 is 4.90 Å². The fourth-order valence-electron chi connectivity index (χ4n) is 5.29. The number of rotatable bonds is 2. The molecule has 0 unspecified atom stereocenters. The molecule has 0 aliphatic carbocycles. The van der Waals surface area contributed by atoms with Crippen LogP contribution in [-0.4, -0.2) is 4.57 Å². The average molecular weight is 469 g/mol. The predicted molar refractivity (Wildman–Crippen MR) is 149 cm³/mol. The quantitative estimate of drug-likeness (QED) is 0.250. The Labute approximate surface area is 209 Å². The van der Waals surface area contributed by atoms with Crippen LogP contribution in [0.4, 0.5) is 17.1 Å². The molecule has 168 valence electrons. The maximum absolute atomic E-state index is 2.45. The number of fused-ring (bicyclic) bond motifs is 5. The van der Waals surface area contributed by atoms with Gasteiger partial charge in [-0.1, -0.05) is 72.4 Å². The molecule has 0 radical (unpaired) electrons. The zero-order chi connectivity index (χ0) is 23.5. The van der Waals surface area contributed by atoms with Crippen LogP contribution in [0, 0.1) is 13.8 Å². The van der Waals surface area contributed by atoms with E-state index in [-0.39, 0.29) is 0 Å². The lowest BCUT2D eigenvalue weighted by Gasteiger charge is -2.34. The molecule has 5 aromatic carbocycles. The molecule has 0 fully saturated rings. The molecule has 0 spiro atoms. The third-order valence-corrected chi connectivity index (χ3v) is 8.22. The largest absolute Gasteiger partial charge is 0.307 e. The molecule has 2 heterocycles. The number of para-hydroxylation sites is 4. The summed E-state index contributed by atoms with van der Waals surface area (Å²) in [6.07, 6.45) is 0. The third kappa shape index (κ3) is 3.05. The van der Waals surface area contributed by atoms with Crippen LogP contribution in [0.25, 0.3) is 27.5 Å². The van der Waals surface area contributed by atoms with Crippen molar-refractivity contribution in [2.75, 3.05) is 4.90 Å².